The van der Waals surface area contributed by atoms with Crippen molar-refractivity contribution in [1.82, 2.24) is 4.98 Å². The van der Waals surface area contributed by atoms with E-state index in [2.05, 4.69) is 4.98 Å². The Labute approximate surface area is 120 Å². The van der Waals surface area contributed by atoms with Gasteiger partial charge < -0.3 is 0 Å². The Morgan fingerprint density at radius 1 is 1.00 bits per heavy atom. The average Bonchev–Trinajstić information content (AvgIpc) is 2.39. The fourth-order valence-electron chi connectivity index (χ4n) is 1.25. The zero-order valence-corrected chi connectivity index (χ0v) is 11.7. The number of hydrogen-bond donors (Lipinski definition) is 1. The lowest BCUT2D eigenvalue weighted by Gasteiger charge is -2.03. The Hall–Kier alpha value is -1.93. The van der Waals surface area contributed by atoms with Gasteiger partial charge in [0.2, 0.25) is 0 Å². The maximum atomic E-state index is 11.8. The van der Waals surface area contributed by atoms with Gasteiger partial charge in [0.25, 0.3) is 10.1 Å². The third-order valence-corrected chi connectivity index (χ3v) is 3.19. The number of alkyl halides is 3. The van der Waals surface area contributed by atoms with Crippen LogP contribution in [0.15, 0.2) is 53.7 Å². The average molecular weight is 319 g/mol. The first-order valence-electron chi connectivity index (χ1n) is 5.62. The standard InChI is InChI=1S/C7H8O3S.C6H4F3N/c1-6-2-4-7(5-3-6)11(8,9)10;7-6(8,9)5-1-3-10-4-2-5/h2-5H,1H3,(H,8,9,10);1-4H. The number of benzene rings is 1. The van der Waals surface area contributed by atoms with Gasteiger partial charge in [-0.25, -0.2) is 0 Å². The molecule has 0 saturated heterocycles. The van der Waals surface area contributed by atoms with Crippen LogP contribution >= 0.6 is 0 Å². The molecule has 0 bridgehead atoms. The second-order valence-corrected chi connectivity index (χ2v) is 5.44. The Morgan fingerprint density at radius 2 is 1.48 bits per heavy atom. The van der Waals surface area contributed by atoms with Crippen molar-refractivity contribution < 1.29 is 26.1 Å². The van der Waals surface area contributed by atoms with Gasteiger partial charge in [-0.2, -0.15) is 21.6 Å². The van der Waals surface area contributed by atoms with Crippen molar-refractivity contribution >= 4 is 10.1 Å². The molecule has 0 aliphatic carbocycles. The summed E-state index contributed by atoms with van der Waals surface area (Å²) < 4.78 is 64.8. The molecule has 0 radical (unpaired) electrons. The Morgan fingerprint density at radius 3 is 1.81 bits per heavy atom. The fraction of sp³-hybridized carbons (Fsp3) is 0.154. The molecule has 8 heteroatoms. The lowest BCUT2D eigenvalue weighted by atomic mass is 10.2. The van der Waals surface area contributed by atoms with Crippen LogP contribution in [0.4, 0.5) is 13.2 Å². The van der Waals surface area contributed by atoms with Gasteiger partial charge >= 0.3 is 6.18 Å². The summed E-state index contributed by atoms with van der Waals surface area (Å²) in [6.07, 6.45) is -2.02. The molecule has 1 aromatic carbocycles. The molecule has 0 unspecified atom stereocenters. The molecule has 0 aliphatic heterocycles. The number of aryl methyl sites for hydroxylation is 1. The Kier molecular flexibility index (Phi) is 5.45. The second kappa shape index (κ2) is 6.68. The van der Waals surface area contributed by atoms with E-state index in [0.717, 1.165) is 30.1 Å². The number of hydrogen-bond acceptors (Lipinski definition) is 3. The molecule has 0 saturated carbocycles. The van der Waals surface area contributed by atoms with Gasteiger partial charge in [-0.15, -0.1) is 0 Å². The van der Waals surface area contributed by atoms with Crippen LogP contribution in [0.5, 0.6) is 0 Å². The smallest absolute Gasteiger partial charge is 0.282 e. The Bertz CT molecular complexity index is 668. The number of rotatable bonds is 1. The van der Waals surface area contributed by atoms with E-state index in [9.17, 15) is 21.6 Å². The van der Waals surface area contributed by atoms with E-state index >= 15 is 0 Å². The maximum absolute atomic E-state index is 11.8. The van der Waals surface area contributed by atoms with Gasteiger partial charge in [-0.05, 0) is 31.2 Å². The molecule has 0 aliphatic rings. The molecule has 1 aromatic heterocycles. The normalized spacial score (nSPS) is 11.5. The van der Waals surface area contributed by atoms with Crippen molar-refractivity contribution in [3.63, 3.8) is 0 Å². The van der Waals surface area contributed by atoms with E-state index < -0.39 is 21.9 Å². The predicted octanol–water partition coefficient (Wildman–Crippen LogP) is 3.34. The van der Waals surface area contributed by atoms with E-state index in [-0.39, 0.29) is 4.90 Å². The molecule has 21 heavy (non-hydrogen) atoms. The van der Waals surface area contributed by atoms with Gasteiger partial charge in [0.15, 0.2) is 0 Å². The van der Waals surface area contributed by atoms with Crippen LogP contribution in [0.1, 0.15) is 11.1 Å². The molecular formula is C13H12F3NO3S. The minimum Gasteiger partial charge on any atom is -0.282 e. The first-order chi connectivity index (χ1) is 9.60. The third kappa shape index (κ3) is 5.92. The SMILES string of the molecule is Cc1ccc(S(=O)(=O)O)cc1.FC(F)(F)c1ccncc1. The van der Waals surface area contributed by atoms with Crippen LogP contribution in [-0.2, 0) is 16.3 Å². The highest BCUT2D eigenvalue weighted by molar-refractivity contribution is 7.85. The van der Waals surface area contributed by atoms with Gasteiger partial charge in [-0.1, -0.05) is 17.7 Å². The Balaban J connectivity index is 0.000000211. The van der Waals surface area contributed by atoms with Crippen LogP contribution in [0.3, 0.4) is 0 Å². The number of aromatic nitrogens is 1. The quantitative estimate of drug-likeness (QED) is 0.819. The highest BCUT2D eigenvalue weighted by Crippen LogP contribution is 2.27. The molecule has 4 nitrogen and oxygen atoms in total. The monoisotopic (exact) mass is 319 g/mol. The fourth-order valence-corrected chi connectivity index (χ4v) is 1.73. The lowest BCUT2D eigenvalue weighted by Crippen LogP contribution is -2.03. The molecule has 0 spiro atoms. The lowest BCUT2D eigenvalue weighted by molar-refractivity contribution is -0.137. The molecule has 0 atom stereocenters. The molecular weight excluding hydrogens is 307 g/mol. The molecule has 1 heterocycles. The van der Waals surface area contributed by atoms with Crippen LogP contribution < -0.4 is 0 Å². The summed E-state index contributed by atoms with van der Waals surface area (Å²) in [5.41, 5.74) is 0.292. The first-order valence-corrected chi connectivity index (χ1v) is 7.06. The van der Waals surface area contributed by atoms with Crippen LogP contribution in [-0.4, -0.2) is 18.0 Å². The summed E-state index contributed by atoms with van der Waals surface area (Å²) in [5.74, 6) is 0. The molecule has 2 aromatic rings. The summed E-state index contributed by atoms with van der Waals surface area (Å²) in [4.78, 5) is 3.39. The maximum Gasteiger partial charge on any atom is 0.416 e. The minimum atomic E-state index is -4.25. The van der Waals surface area contributed by atoms with Crippen molar-refractivity contribution in [3.05, 3.63) is 59.9 Å². The topological polar surface area (TPSA) is 67.3 Å². The summed E-state index contributed by atoms with van der Waals surface area (Å²) in [6, 6.07) is 7.85. The van der Waals surface area contributed by atoms with Crippen LogP contribution in [0.2, 0.25) is 0 Å². The molecule has 1 N–H and O–H groups in total. The summed E-state index contributed by atoms with van der Waals surface area (Å²) in [5, 5.41) is 0. The predicted molar refractivity (Wildman–Crippen MR) is 70.2 cm³/mol. The van der Waals surface area contributed by atoms with Crippen molar-refractivity contribution in [3.8, 4) is 0 Å². The molecule has 2 rings (SSSR count). The summed E-state index contributed by atoms with van der Waals surface area (Å²) >= 11 is 0. The van der Waals surface area contributed by atoms with Gasteiger partial charge in [-0.3, -0.25) is 9.54 Å². The minimum absolute atomic E-state index is 0.0666. The third-order valence-electron chi connectivity index (χ3n) is 2.33. The largest absolute Gasteiger partial charge is 0.416 e. The van der Waals surface area contributed by atoms with Crippen molar-refractivity contribution in [2.45, 2.75) is 18.0 Å². The highest BCUT2D eigenvalue weighted by atomic mass is 32.2. The van der Waals surface area contributed by atoms with Gasteiger partial charge in [0, 0.05) is 12.4 Å². The van der Waals surface area contributed by atoms with Crippen LogP contribution in [0.25, 0.3) is 0 Å². The van der Waals surface area contributed by atoms with Crippen molar-refractivity contribution in [2.24, 2.45) is 0 Å². The van der Waals surface area contributed by atoms with E-state index in [0.29, 0.717) is 0 Å². The first kappa shape index (κ1) is 17.1. The zero-order valence-electron chi connectivity index (χ0n) is 10.9. The number of pyridine rings is 1. The van der Waals surface area contributed by atoms with E-state index in [1.807, 2.05) is 6.92 Å². The molecule has 0 amide bonds. The van der Waals surface area contributed by atoms with Gasteiger partial charge in [0.05, 0.1) is 10.5 Å². The van der Waals surface area contributed by atoms with Gasteiger partial charge in [0.1, 0.15) is 0 Å². The number of halogens is 3. The van der Waals surface area contributed by atoms with E-state index in [1.54, 1.807) is 12.1 Å². The van der Waals surface area contributed by atoms with Crippen LogP contribution in [0, 0.1) is 6.92 Å². The molecule has 114 valence electrons. The zero-order chi connectivity index (χ0) is 16.1. The molecule has 0 fully saturated rings. The highest BCUT2D eigenvalue weighted by Gasteiger charge is 2.29. The number of nitrogens with zero attached hydrogens (tertiary/aromatic N) is 1. The summed E-state index contributed by atoms with van der Waals surface area (Å²) in [6.45, 7) is 1.84. The second-order valence-electron chi connectivity index (χ2n) is 4.02. The van der Waals surface area contributed by atoms with Crippen molar-refractivity contribution in [1.29, 1.82) is 0 Å². The van der Waals surface area contributed by atoms with E-state index in [4.69, 9.17) is 4.55 Å². The van der Waals surface area contributed by atoms with E-state index in [1.165, 1.54) is 12.1 Å². The van der Waals surface area contributed by atoms with Crippen molar-refractivity contribution in [2.75, 3.05) is 0 Å². The summed E-state index contributed by atoms with van der Waals surface area (Å²) in [7, 11) is -4.02.